The van der Waals surface area contributed by atoms with Crippen LogP contribution in [0.25, 0.3) is 27.8 Å². The van der Waals surface area contributed by atoms with E-state index in [0.717, 1.165) is 17.0 Å². The molecule has 0 spiro atoms. The molecule has 0 atom stereocenters. The summed E-state index contributed by atoms with van der Waals surface area (Å²) in [6.45, 7) is 0. The van der Waals surface area contributed by atoms with Gasteiger partial charge >= 0.3 is 0 Å². The summed E-state index contributed by atoms with van der Waals surface area (Å²) in [5, 5.41) is 7.16. The van der Waals surface area contributed by atoms with E-state index in [2.05, 4.69) is 54.2 Å². The Morgan fingerprint density at radius 1 is 0.895 bits per heavy atom. The zero-order chi connectivity index (χ0) is 12.8. The minimum Gasteiger partial charge on any atom is -0.312 e. The lowest BCUT2D eigenvalue weighted by Crippen LogP contribution is -1.92. The Bertz CT molecular complexity index is 869. The summed E-state index contributed by atoms with van der Waals surface area (Å²) in [6.07, 6.45) is 2.08. The lowest BCUT2D eigenvalue weighted by Gasteiger charge is -2.00. The van der Waals surface area contributed by atoms with E-state index in [4.69, 9.17) is 5.10 Å². The second-order valence-corrected chi connectivity index (χ2v) is 4.73. The Morgan fingerprint density at radius 3 is 2.47 bits per heavy atom. The van der Waals surface area contributed by atoms with Gasteiger partial charge in [0.05, 0.1) is 0 Å². The molecule has 2 heterocycles. The van der Waals surface area contributed by atoms with Crippen molar-refractivity contribution in [3.05, 3.63) is 60.8 Å². The number of aryl methyl sites for hydroxylation is 1. The van der Waals surface area contributed by atoms with Crippen LogP contribution in [-0.4, -0.2) is 14.2 Å². The first-order valence-corrected chi connectivity index (χ1v) is 6.33. The van der Waals surface area contributed by atoms with Gasteiger partial charge in [0.2, 0.25) is 0 Å². The summed E-state index contributed by atoms with van der Waals surface area (Å²) < 4.78 is 4.12. The molecule has 0 amide bonds. The van der Waals surface area contributed by atoms with Crippen LogP contribution in [0.4, 0.5) is 0 Å². The first-order valence-electron chi connectivity index (χ1n) is 6.33. The van der Waals surface area contributed by atoms with Crippen molar-refractivity contribution in [2.24, 2.45) is 7.05 Å². The second-order valence-electron chi connectivity index (χ2n) is 4.73. The summed E-state index contributed by atoms with van der Waals surface area (Å²) in [5.74, 6) is 0.987. The van der Waals surface area contributed by atoms with Gasteiger partial charge in [-0.25, -0.2) is 4.52 Å². The Balaban J connectivity index is 2.08. The molecule has 19 heavy (non-hydrogen) atoms. The van der Waals surface area contributed by atoms with Crippen molar-refractivity contribution in [1.29, 1.82) is 0 Å². The van der Waals surface area contributed by atoms with Crippen molar-refractivity contribution in [1.82, 2.24) is 14.2 Å². The molecule has 0 aliphatic heterocycles. The maximum Gasteiger partial charge on any atom is 0.162 e. The first kappa shape index (κ1) is 10.4. The van der Waals surface area contributed by atoms with Crippen molar-refractivity contribution in [2.45, 2.75) is 0 Å². The lowest BCUT2D eigenvalue weighted by molar-refractivity contribution is 0.960. The molecular weight excluding hydrogens is 234 g/mol. The average molecular weight is 247 g/mol. The van der Waals surface area contributed by atoms with Gasteiger partial charge in [-0.15, -0.1) is 5.10 Å². The van der Waals surface area contributed by atoms with E-state index in [1.807, 2.05) is 22.7 Å². The highest BCUT2D eigenvalue weighted by molar-refractivity contribution is 5.96. The van der Waals surface area contributed by atoms with Crippen molar-refractivity contribution in [3.8, 4) is 11.4 Å². The van der Waals surface area contributed by atoms with E-state index < -0.39 is 0 Å². The molecule has 0 aliphatic rings. The van der Waals surface area contributed by atoms with Crippen LogP contribution in [0.2, 0.25) is 0 Å². The molecule has 4 aromatic rings. The van der Waals surface area contributed by atoms with Crippen LogP contribution in [0.15, 0.2) is 60.8 Å². The van der Waals surface area contributed by atoms with E-state index >= 15 is 0 Å². The zero-order valence-corrected chi connectivity index (χ0v) is 10.6. The molecule has 4 rings (SSSR count). The molecule has 0 fully saturated rings. The second kappa shape index (κ2) is 3.72. The quantitative estimate of drug-likeness (QED) is 0.504. The number of aromatic nitrogens is 3. The normalized spacial score (nSPS) is 11.4. The SMILES string of the molecule is Cn1c(-c2ccccc2)nn2cc3ccccc3c12. The van der Waals surface area contributed by atoms with Crippen LogP contribution in [-0.2, 0) is 7.05 Å². The van der Waals surface area contributed by atoms with Gasteiger partial charge in [0.1, 0.15) is 5.65 Å². The minimum absolute atomic E-state index is 0.987. The van der Waals surface area contributed by atoms with Gasteiger partial charge in [0.25, 0.3) is 0 Å². The Kier molecular flexibility index (Phi) is 2.03. The highest BCUT2D eigenvalue weighted by Crippen LogP contribution is 2.26. The summed E-state index contributed by atoms with van der Waals surface area (Å²) in [5.41, 5.74) is 2.27. The van der Waals surface area contributed by atoms with Crippen LogP contribution < -0.4 is 0 Å². The van der Waals surface area contributed by atoms with Crippen LogP contribution in [0, 0.1) is 0 Å². The fourth-order valence-electron chi connectivity index (χ4n) is 2.65. The maximum absolute atomic E-state index is 4.70. The van der Waals surface area contributed by atoms with Gasteiger partial charge in [-0.05, 0) is 0 Å². The number of nitrogens with zero attached hydrogens (tertiary/aromatic N) is 3. The molecular formula is C16H13N3. The van der Waals surface area contributed by atoms with Crippen molar-refractivity contribution < 1.29 is 0 Å². The molecule has 0 aliphatic carbocycles. The third-order valence-corrected chi connectivity index (χ3v) is 3.55. The van der Waals surface area contributed by atoms with Gasteiger partial charge in [-0.1, -0.05) is 54.6 Å². The molecule has 92 valence electrons. The van der Waals surface area contributed by atoms with E-state index in [1.165, 1.54) is 10.8 Å². The molecule has 3 heteroatoms. The summed E-state index contributed by atoms with van der Waals surface area (Å²) in [6, 6.07) is 18.7. The Morgan fingerprint density at radius 2 is 1.63 bits per heavy atom. The van der Waals surface area contributed by atoms with Gasteiger partial charge in [0, 0.05) is 29.6 Å². The highest BCUT2D eigenvalue weighted by atomic mass is 15.3. The number of hydrogen-bond donors (Lipinski definition) is 0. The summed E-state index contributed by atoms with van der Waals surface area (Å²) in [4.78, 5) is 0. The van der Waals surface area contributed by atoms with E-state index in [9.17, 15) is 0 Å². The van der Waals surface area contributed by atoms with Gasteiger partial charge < -0.3 is 4.57 Å². The summed E-state index contributed by atoms with van der Waals surface area (Å²) in [7, 11) is 2.07. The molecule has 0 radical (unpaired) electrons. The van der Waals surface area contributed by atoms with Crippen LogP contribution in [0.5, 0.6) is 0 Å². The Hall–Kier alpha value is -2.55. The van der Waals surface area contributed by atoms with Crippen molar-refractivity contribution >= 4 is 16.4 Å². The molecule has 3 nitrogen and oxygen atoms in total. The third-order valence-electron chi connectivity index (χ3n) is 3.55. The molecule has 2 aromatic heterocycles. The van der Waals surface area contributed by atoms with Crippen molar-refractivity contribution in [3.63, 3.8) is 0 Å². The maximum atomic E-state index is 4.70. The predicted molar refractivity (Wildman–Crippen MR) is 77.1 cm³/mol. The fourth-order valence-corrected chi connectivity index (χ4v) is 2.65. The largest absolute Gasteiger partial charge is 0.312 e. The van der Waals surface area contributed by atoms with E-state index in [-0.39, 0.29) is 0 Å². The topological polar surface area (TPSA) is 22.2 Å². The highest BCUT2D eigenvalue weighted by Gasteiger charge is 2.12. The van der Waals surface area contributed by atoms with Crippen LogP contribution in [0.3, 0.4) is 0 Å². The lowest BCUT2D eigenvalue weighted by atomic mass is 10.2. The number of fused-ring (bicyclic) bond motifs is 3. The van der Waals surface area contributed by atoms with Gasteiger partial charge in [-0.3, -0.25) is 0 Å². The van der Waals surface area contributed by atoms with Gasteiger partial charge in [-0.2, -0.15) is 0 Å². The standard InChI is InChI=1S/C16H13N3/c1-18-15(12-7-3-2-4-8-12)17-19-11-13-9-5-6-10-14(13)16(18)19/h2-11H,1H3. The monoisotopic (exact) mass is 247 g/mol. The summed E-state index contributed by atoms with van der Waals surface area (Å²) >= 11 is 0. The molecule has 0 N–H and O–H groups in total. The number of hydrogen-bond acceptors (Lipinski definition) is 1. The van der Waals surface area contributed by atoms with Crippen LogP contribution in [0.1, 0.15) is 0 Å². The predicted octanol–water partition coefficient (Wildman–Crippen LogP) is 3.49. The molecule has 2 aromatic carbocycles. The molecule has 0 saturated carbocycles. The van der Waals surface area contributed by atoms with E-state index in [1.54, 1.807) is 0 Å². The zero-order valence-electron chi connectivity index (χ0n) is 10.6. The van der Waals surface area contributed by atoms with Crippen LogP contribution >= 0.6 is 0 Å². The molecule has 0 saturated heterocycles. The fraction of sp³-hybridized carbons (Fsp3) is 0.0625. The van der Waals surface area contributed by atoms with E-state index in [0.29, 0.717) is 0 Å². The molecule has 0 unspecified atom stereocenters. The molecule has 0 bridgehead atoms. The number of rotatable bonds is 1. The third kappa shape index (κ3) is 1.41. The Labute approximate surface area is 110 Å². The number of benzene rings is 2. The smallest absolute Gasteiger partial charge is 0.162 e. The van der Waals surface area contributed by atoms with Gasteiger partial charge in [0.15, 0.2) is 5.82 Å². The van der Waals surface area contributed by atoms with Crippen molar-refractivity contribution in [2.75, 3.05) is 0 Å². The average Bonchev–Trinajstić information content (AvgIpc) is 2.97. The minimum atomic E-state index is 0.987. The first-order chi connectivity index (χ1) is 9.34.